The van der Waals surface area contributed by atoms with Gasteiger partial charge >= 0.3 is 0 Å². The quantitative estimate of drug-likeness (QED) is 0.756. The van der Waals surface area contributed by atoms with Gasteiger partial charge in [-0.3, -0.25) is 0 Å². The Morgan fingerprint density at radius 3 is 2.50 bits per heavy atom. The maximum absolute atomic E-state index is 12.1. The second-order valence-corrected chi connectivity index (χ2v) is 7.26. The van der Waals surface area contributed by atoms with E-state index in [1.165, 1.54) is 0 Å². The number of hydrogen-bond acceptors (Lipinski definition) is 2. The number of nitrogens with one attached hydrogen (secondary N) is 1. The summed E-state index contributed by atoms with van der Waals surface area (Å²) in [5.74, 6) is 0.519. The topological polar surface area (TPSA) is 46.2 Å². The number of aryl methyl sites for hydroxylation is 1. The lowest BCUT2D eigenvalue weighted by atomic mass is 10.00. The van der Waals surface area contributed by atoms with Crippen molar-refractivity contribution in [2.75, 3.05) is 6.54 Å². The van der Waals surface area contributed by atoms with Gasteiger partial charge in [-0.1, -0.05) is 57.4 Å². The van der Waals surface area contributed by atoms with Crippen molar-refractivity contribution in [3.05, 3.63) is 35.4 Å². The van der Waals surface area contributed by atoms with Crippen molar-refractivity contribution in [1.29, 1.82) is 0 Å². The van der Waals surface area contributed by atoms with Gasteiger partial charge in [0.05, 0.1) is 5.75 Å². The molecule has 0 aromatic heterocycles. The fourth-order valence-electron chi connectivity index (χ4n) is 2.22. The zero-order chi connectivity index (χ0) is 15.0. The average molecular weight is 297 g/mol. The van der Waals surface area contributed by atoms with Crippen LogP contribution in [0.15, 0.2) is 24.3 Å². The van der Waals surface area contributed by atoms with Crippen molar-refractivity contribution in [3.8, 4) is 0 Å². The molecule has 0 fully saturated rings. The molecule has 0 aliphatic heterocycles. The maximum Gasteiger partial charge on any atom is 0.215 e. The highest BCUT2D eigenvalue weighted by Crippen LogP contribution is 2.14. The van der Waals surface area contributed by atoms with Gasteiger partial charge in [0.25, 0.3) is 0 Å². The first-order chi connectivity index (χ1) is 9.48. The third kappa shape index (κ3) is 6.06. The second kappa shape index (κ2) is 8.42. The number of sulfonamides is 1. The van der Waals surface area contributed by atoms with Gasteiger partial charge in [-0.2, -0.15) is 0 Å². The molecule has 4 heteroatoms. The largest absolute Gasteiger partial charge is 0.215 e. The Kier molecular flexibility index (Phi) is 7.24. The molecule has 1 unspecified atom stereocenters. The summed E-state index contributed by atoms with van der Waals surface area (Å²) in [5.41, 5.74) is 1.90. The monoisotopic (exact) mass is 297 g/mol. The average Bonchev–Trinajstić information content (AvgIpc) is 2.41. The van der Waals surface area contributed by atoms with E-state index in [4.69, 9.17) is 0 Å². The summed E-state index contributed by atoms with van der Waals surface area (Å²) >= 11 is 0. The van der Waals surface area contributed by atoms with Crippen LogP contribution in [0.2, 0.25) is 0 Å². The molecule has 0 heterocycles. The summed E-state index contributed by atoms with van der Waals surface area (Å²) in [5, 5.41) is 0. The molecule has 1 rings (SSSR count). The van der Waals surface area contributed by atoms with Gasteiger partial charge in [-0.05, 0) is 30.4 Å². The fraction of sp³-hybridized carbons (Fsp3) is 0.625. The van der Waals surface area contributed by atoms with Crippen LogP contribution < -0.4 is 4.72 Å². The van der Waals surface area contributed by atoms with E-state index in [1.54, 1.807) is 0 Å². The Balaban J connectivity index is 2.55. The van der Waals surface area contributed by atoms with Gasteiger partial charge in [-0.25, -0.2) is 13.1 Å². The second-order valence-electron chi connectivity index (χ2n) is 5.45. The van der Waals surface area contributed by atoms with Crippen LogP contribution in [0.5, 0.6) is 0 Å². The molecule has 1 atom stereocenters. The van der Waals surface area contributed by atoms with Crippen molar-refractivity contribution >= 4 is 10.0 Å². The Labute approximate surface area is 123 Å². The van der Waals surface area contributed by atoms with Gasteiger partial charge in [0.15, 0.2) is 0 Å². The van der Waals surface area contributed by atoms with Crippen molar-refractivity contribution in [1.82, 2.24) is 4.72 Å². The van der Waals surface area contributed by atoms with Crippen molar-refractivity contribution < 1.29 is 8.42 Å². The molecule has 0 amide bonds. The first kappa shape index (κ1) is 17.2. The number of hydrogen-bond donors (Lipinski definition) is 1. The van der Waals surface area contributed by atoms with E-state index < -0.39 is 10.0 Å². The highest BCUT2D eigenvalue weighted by molar-refractivity contribution is 7.88. The lowest BCUT2D eigenvalue weighted by molar-refractivity contribution is 0.443. The number of unbranched alkanes of at least 4 members (excludes halogenated alkanes) is 1. The van der Waals surface area contributed by atoms with Crippen LogP contribution in [-0.2, 0) is 15.8 Å². The highest BCUT2D eigenvalue weighted by atomic mass is 32.2. The molecule has 3 nitrogen and oxygen atoms in total. The van der Waals surface area contributed by atoms with Crippen molar-refractivity contribution in [2.45, 2.75) is 52.2 Å². The normalized spacial score (nSPS) is 13.3. The van der Waals surface area contributed by atoms with Gasteiger partial charge in [0, 0.05) is 6.54 Å². The lowest BCUT2D eigenvalue weighted by Gasteiger charge is -2.15. The highest BCUT2D eigenvalue weighted by Gasteiger charge is 2.15. The molecule has 0 spiro atoms. The smallest absolute Gasteiger partial charge is 0.215 e. The molecule has 0 aliphatic rings. The molecule has 114 valence electrons. The molecular weight excluding hydrogens is 270 g/mol. The van der Waals surface area contributed by atoms with E-state index >= 15 is 0 Å². The maximum atomic E-state index is 12.1. The van der Waals surface area contributed by atoms with Crippen LogP contribution in [0.3, 0.4) is 0 Å². The standard InChI is InChI=1S/C16H27NO2S/c1-4-6-10-15(5-2)12-17-20(18,19)13-16-11-8-7-9-14(16)3/h7-9,11,15,17H,4-6,10,12-13H2,1-3H3. The van der Waals surface area contributed by atoms with Crippen LogP contribution in [0.1, 0.15) is 50.7 Å². The Morgan fingerprint density at radius 2 is 1.90 bits per heavy atom. The Morgan fingerprint density at radius 1 is 1.20 bits per heavy atom. The zero-order valence-electron chi connectivity index (χ0n) is 12.9. The predicted octanol–water partition coefficient (Wildman–Crippen LogP) is 3.63. The minimum Gasteiger partial charge on any atom is -0.215 e. The van der Waals surface area contributed by atoms with Crippen LogP contribution in [0, 0.1) is 12.8 Å². The summed E-state index contributed by atoms with van der Waals surface area (Å²) in [4.78, 5) is 0. The predicted molar refractivity (Wildman–Crippen MR) is 85.1 cm³/mol. The molecule has 0 radical (unpaired) electrons. The Bertz CT molecular complexity index is 497. The van der Waals surface area contributed by atoms with Crippen molar-refractivity contribution in [2.24, 2.45) is 5.92 Å². The van der Waals surface area contributed by atoms with E-state index in [0.717, 1.165) is 36.8 Å². The minimum atomic E-state index is -3.24. The molecule has 20 heavy (non-hydrogen) atoms. The number of benzene rings is 1. The van der Waals surface area contributed by atoms with Crippen LogP contribution in [0.4, 0.5) is 0 Å². The van der Waals surface area contributed by atoms with Crippen LogP contribution in [0.25, 0.3) is 0 Å². The lowest BCUT2D eigenvalue weighted by Crippen LogP contribution is -2.30. The zero-order valence-corrected chi connectivity index (χ0v) is 13.7. The molecule has 1 aromatic carbocycles. The molecular formula is C16H27NO2S. The number of rotatable bonds is 9. The SMILES string of the molecule is CCCCC(CC)CNS(=O)(=O)Cc1ccccc1C. The molecule has 0 saturated heterocycles. The molecule has 0 aliphatic carbocycles. The summed E-state index contributed by atoms with van der Waals surface area (Å²) in [6, 6.07) is 7.63. The first-order valence-electron chi connectivity index (χ1n) is 7.50. The van der Waals surface area contributed by atoms with Crippen LogP contribution in [-0.4, -0.2) is 15.0 Å². The minimum absolute atomic E-state index is 0.0733. The van der Waals surface area contributed by atoms with E-state index in [2.05, 4.69) is 18.6 Å². The molecule has 1 aromatic rings. The van der Waals surface area contributed by atoms with E-state index in [-0.39, 0.29) is 5.75 Å². The fourth-order valence-corrected chi connectivity index (χ4v) is 3.54. The third-order valence-electron chi connectivity index (χ3n) is 3.74. The summed E-state index contributed by atoms with van der Waals surface area (Å²) < 4.78 is 27.0. The van der Waals surface area contributed by atoms with Gasteiger partial charge in [0.1, 0.15) is 0 Å². The summed E-state index contributed by atoms with van der Waals surface area (Å²) in [6.07, 6.45) is 4.44. The molecule has 1 N–H and O–H groups in total. The van der Waals surface area contributed by atoms with Gasteiger partial charge < -0.3 is 0 Å². The summed E-state index contributed by atoms with van der Waals surface area (Å²) in [7, 11) is -3.24. The first-order valence-corrected chi connectivity index (χ1v) is 9.15. The molecule has 0 bridgehead atoms. The molecule has 0 saturated carbocycles. The van der Waals surface area contributed by atoms with E-state index in [1.807, 2.05) is 31.2 Å². The third-order valence-corrected chi connectivity index (χ3v) is 5.04. The van der Waals surface area contributed by atoms with E-state index in [9.17, 15) is 8.42 Å². The van der Waals surface area contributed by atoms with E-state index in [0.29, 0.717) is 12.5 Å². The Hall–Kier alpha value is -0.870. The van der Waals surface area contributed by atoms with Crippen LogP contribution >= 0.6 is 0 Å². The van der Waals surface area contributed by atoms with Crippen molar-refractivity contribution in [3.63, 3.8) is 0 Å². The summed E-state index contributed by atoms with van der Waals surface area (Å²) in [6.45, 7) is 6.79. The van der Waals surface area contributed by atoms with Gasteiger partial charge in [0.2, 0.25) is 10.0 Å². The van der Waals surface area contributed by atoms with Gasteiger partial charge in [-0.15, -0.1) is 0 Å².